The van der Waals surface area contributed by atoms with Gasteiger partial charge in [-0.15, -0.1) is 0 Å². The summed E-state index contributed by atoms with van der Waals surface area (Å²) in [5.41, 5.74) is 0. The van der Waals surface area contributed by atoms with Gasteiger partial charge >= 0.3 is 0 Å². The molecule has 0 aliphatic carbocycles. The third-order valence-electron chi connectivity index (χ3n) is 2.38. The molecule has 0 aromatic carbocycles. The average molecular weight is 341 g/mol. The first-order valence-corrected chi connectivity index (χ1v) is 6.97. The third kappa shape index (κ3) is 6.68. The Morgan fingerprint density at radius 2 is 2.06 bits per heavy atom. The Kier molecular flexibility index (Phi) is 7.55. The minimum Gasteiger partial charge on any atom is -0.395 e. The Morgan fingerprint density at radius 1 is 1.50 bits per heavy atom. The van der Waals surface area contributed by atoms with E-state index in [1.807, 2.05) is 6.92 Å². The van der Waals surface area contributed by atoms with Crippen molar-refractivity contribution < 1.29 is 9.90 Å². The zero-order valence-electron chi connectivity index (χ0n) is 10.8. The zero-order chi connectivity index (χ0) is 12.8. The van der Waals surface area contributed by atoms with E-state index in [1.54, 1.807) is 4.90 Å². The summed E-state index contributed by atoms with van der Waals surface area (Å²) in [6.07, 6.45) is 1.58. The maximum Gasteiger partial charge on any atom is 0.222 e. The van der Waals surface area contributed by atoms with Crippen molar-refractivity contribution >= 4 is 28.5 Å². The molecule has 1 N–H and O–H groups in total. The number of nitrogens with zero attached hydrogens (tertiary/aromatic N) is 1. The Labute approximate surface area is 113 Å². The molecule has 0 aromatic heterocycles. The van der Waals surface area contributed by atoms with Gasteiger partial charge in [-0.3, -0.25) is 4.79 Å². The van der Waals surface area contributed by atoms with Gasteiger partial charge in [0.1, 0.15) is 0 Å². The van der Waals surface area contributed by atoms with Crippen LogP contribution < -0.4 is 0 Å². The van der Waals surface area contributed by atoms with Crippen LogP contribution in [0, 0.1) is 5.92 Å². The van der Waals surface area contributed by atoms with Crippen LogP contribution >= 0.6 is 22.6 Å². The van der Waals surface area contributed by atoms with Gasteiger partial charge in [0.25, 0.3) is 0 Å². The van der Waals surface area contributed by atoms with Crippen LogP contribution in [0.15, 0.2) is 0 Å². The molecule has 1 atom stereocenters. The molecule has 4 heteroatoms. The first-order chi connectivity index (χ1) is 7.32. The van der Waals surface area contributed by atoms with Crippen molar-refractivity contribution in [2.75, 3.05) is 19.7 Å². The summed E-state index contributed by atoms with van der Waals surface area (Å²) in [4.78, 5) is 13.4. The largest absolute Gasteiger partial charge is 0.395 e. The van der Waals surface area contributed by atoms with Gasteiger partial charge in [-0.05, 0) is 19.3 Å². The summed E-state index contributed by atoms with van der Waals surface area (Å²) in [5, 5.41) is 8.96. The minimum atomic E-state index is 0.0418. The van der Waals surface area contributed by atoms with E-state index in [1.165, 1.54) is 0 Å². The number of aliphatic hydroxyl groups excluding tert-OH is 1. The number of rotatable bonds is 7. The topological polar surface area (TPSA) is 40.5 Å². The fourth-order valence-corrected chi connectivity index (χ4v) is 3.24. The lowest BCUT2D eigenvalue weighted by Gasteiger charge is -2.32. The normalized spacial score (nSPS) is 14.9. The lowest BCUT2D eigenvalue weighted by Crippen LogP contribution is -2.42. The van der Waals surface area contributed by atoms with Crippen LogP contribution in [0.4, 0.5) is 0 Å². The Bertz CT molecular complexity index is 217. The molecule has 0 radical (unpaired) electrons. The average Bonchev–Trinajstić information content (AvgIpc) is 2.13. The van der Waals surface area contributed by atoms with Crippen LogP contribution in [0.1, 0.15) is 40.5 Å². The highest BCUT2D eigenvalue weighted by Gasteiger charge is 2.26. The van der Waals surface area contributed by atoms with Crippen LogP contribution in [-0.4, -0.2) is 39.0 Å². The molecule has 0 saturated carbocycles. The number of halogens is 1. The maximum atomic E-state index is 11.7. The Morgan fingerprint density at radius 3 is 2.44 bits per heavy atom. The summed E-state index contributed by atoms with van der Waals surface area (Å²) in [6, 6.07) is 0. The smallest absolute Gasteiger partial charge is 0.222 e. The molecule has 1 amide bonds. The molecular weight excluding hydrogens is 317 g/mol. The van der Waals surface area contributed by atoms with Crippen LogP contribution in [0.2, 0.25) is 0 Å². The van der Waals surface area contributed by atoms with Crippen molar-refractivity contribution in [2.24, 2.45) is 5.92 Å². The van der Waals surface area contributed by atoms with Crippen LogP contribution in [0.3, 0.4) is 0 Å². The summed E-state index contributed by atoms with van der Waals surface area (Å²) in [7, 11) is 0. The number of amides is 1. The summed E-state index contributed by atoms with van der Waals surface area (Å²) < 4.78 is 0.0892. The van der Waals surface area contributed by atoms with Gasteiger partial charge in [0.2, 0.25) is 5.91 Å². The molecule has 0 spiro atoms. The van der Waals surface area contributed by atoms with Crippen molar-refractivity contribution in [3.8, 4) is 0 Å². The Balaban J connectivity index is 4.42. The standard InChI is InChI=1S/C12H24INO2/c1-5-11(16)14(6-7-15)9-12(4,13)8-10(2)3/h10,15H,5-9H2,1-4H3. The molecule has 0 heterocycles. The van der Waals surface area contributed by atoms with E-state index in [-0.39, 0.29) is 15.9 Å². The second-order valence-corrected chi connectivity index (χ2v) is 7.51. The number of carbonyl (C=O) groups is 1. The maximum absolute atomic E-state index is 11.7. The summed E-state index contributed by atoms with van der Waals surface area (Å²) in [5.74, 6) is 0.746. The second kappa shape index (κ2) is 7.48. The Hall–Kier alpha value is 0.160. The quantitative estimate of drug-likeness (QED) is 0.571. The highest BCUT2D eigenvalue weighted by molar-refractivity contribution is 14.1. The van der Waals surface area contributed by atoms with Crippen molar-refractivity contribution in [1.82, 2.24) is 4.90 Å². The van der Waals surface area contributed by atoms with Crippen molar-refractivity contribution in [3.63, 3.8) is 0 Å². The van der Waals surface area contributed by atoms with Gasteiger partial charge in [0.05, 0.1) is 6.61 Å². The van der Waals surface area contributed by atoms with Gasteiger partial charge < -0.3 is 10.0 Å². The van der Waals surface area contributed by atoms with E-state index in [0.29, 0.717) is 18.9 Å². The van der Waals surface area contributed by atoms with Crippen LogP contribution in [0.25, 0.3) is 0 Å². The lowest BCUT2D eigenvalue weighted by molar-refractivity contribution is -0.131. The van der Waals surface area contributed by atoms with Crippen molar-refractivity contribution in [3.05, 3.63) is 0 Å². The van der Waals surface area contributed by atoms with E-state index in [4.69, 9.17) is 5.11 Å². The van der Waals surface area contributed by atoms with Crippen LogP contribution in [-0.2, 0) is 4.79 Å². The van der Waals surface area contributed by atoms with Gasteiger partial charge in [-0.2, -0.15) is 0 Å². The highest BCUT2D eigenvalue weighted by Crippen LogP contribution is 2.28. The minimum absolute atomic E-state index is 0.0418. The van der Waals surface area contributed by atoms with Crippen molar-refractivity contribution in [2.45, 2.75) is 44.0 Å². The number of aliphatic hydroxyl groups is 1. The molecule has 3 nitrogen and oxygen atoms in total. The van der Waals surface area contributed by atoms with Gasteiger partial charge in [0, 0.05) is 22.9 Å². The molecule has 0 aliphatic rings. The third-order valence-corrected chi connectivity index (χ3v) is 3.16. The lowest BCUT2D eigenvalue weighted by atomic mass is 9.98. The SMILES string of the molecule is CCC(=O)N(CCO)CC(C)(I)CC(C)C. The van der Waals surface area contributed by atoms with Gasteiger partial charge in [-0.25, -0.2) is 0 Å². The van der Waals surface area contributed by atoms with E-state index in [9.17, 15) is 4.79 Å². The molecule has 0 rings (SSSR count). The predicted molar refractivity (Wildman–Crippen MR) is 75.8 cm³/mol. The monoisotopic (exact) mass is 341 g/mol. The predicted octanol–water partition coefficient (Wildman–Crippen LogP) is 2.46. The van der Waals surface area contributed by atoms with Crippen molar-refractivity contribution in [1.29, 1.82) is 0 Å². The summed E-state index contributed by atoms with van der Waals surface area (Å²) in [6.45, 7) is 9.62. The second-order valence-electron chi connectivity index (χ2n) is 4.90. The molecule has 96 valence electrons. The molecule has 0 aromatic rings. The van der Waals surface area contributed by atoms with E-state index in [2.05, 4.69) is 43.4 Å². The summed E-state index contributed by atoms with van der Waals surface area (Å²) >= 11 is 2.42. The molecule has 1 unspecified atom stereocenters. The van der Waals surface area contributed by atoms with E-state index in [0.717, 1.165) is 13.0 Å². The molecule has 0 fully saturated rings. The fourth-order valence-electron chi connectivity index (χ4n) is 1.95. The van der Waals surface area contributed by atoms with Crippen LogP contribution in [0.5, 0.6) is 0 Å². The molecular formula is C12H24INO2. The van der Waals surface area contributed by atoms with Gasteiger partial charge in [-0.1, -0.05) is 43.4 Å². The zero-order valence-corrected chi connectivity index (χ0v) is 13.0. The number of hydrogen-bond acceptors (Lipinski definition) is 2. The van der Waals surface area contributed by atoms with Gasteiger partial charge in [0.15, 0.2) is 0 Å². The first-order valence-electron chi connectivity index (χ1n) is 5.90. The number of carbonyl (C=O) groups excluding carboxylic acids is 1. The number of alkyl halides is 1. The van der Waals surface area contributed by atoms with E-state index >= 15 is 0 Å². The fraction of sp³-hybridized carbons (Fsp3) is 0.917. The molecule has 16 heavy (non-hydrogen) atoms. The molecule has 0 aliphatic heterocycles. The number of hydrogen-bond donors (Lipinski definition) is 1. The highest BCUT2D eigenvalue weighted by atomic mass is 127. The molecule has 0 saturated heterocycles. The van der Waals surface area contributed by atoms with E-state index < -0.39 is 0 Å². The molecule has 0 bridgehead atoms. The first kappa shape index (κ1) is 16.2.